The number of alkyl halides is 3. The number of benzene rings is 1. The predicted molar refractivity (Wildman–Crippen MR) is 115 cm³/mol. The molecule has 0 fully saturated rings. The van der Waals surface area contributed by atoms with Crippen molar-refractivity contribution < 1.29 is 27.4 Å². The molecule has 4 rings (SSSR count). The minimum absolute atomic E-state index is 0.0505. The van der Waals surface area contributed by atoms with Gasteiger partial charge in [-0.3, -0.25) is 4.79 Å². The van der Waals surface area contributed by atoms with Gasteiger partial charge in [-0.2, -0.15) is 18.3 Å². The smallest absolute Gasteiger partial charge is 0.410 e. The number of ether oxygens (including phenoxy) is 2. The van der Waals surface area contributed by atoms with Crippen molar-refractivity contribution >= 4 is 40.4 Å². The van der Waals surface area contributed by atoms with Gasteiger partial charge in [0.25, 0.3) is 5.91 Å². The molecular formula is C20H18ClF3N4O3S. The fourth-order valence-electron chi connectivity index (χ4n) is 3.49. The fourth-order valence-corrected chi connectivity index (χ4v) is 4.55. The van der Waals surface area contributed by atoms with Crippen LogP contribution in [-0.2, 0) is 0 Å². The van der Waals surface area contributed by atoms with Crippen molar-refractivity contribution in [1.29, 1.82) is 0 Å². The van der Waals surface area contributed by atoms with Crippen LogP contribution in [-0.4, -0.2) is 36.1 Å². The number of aromatic nitrogens is 2. The van der Waals surface area contributed by atoms with Crippen LogP contribution in [0.15, 0.2) is 35.7 Å². The van der Waals surface area contributed by atoms with Crippen molar-refractivity contribution in [2.45, 2.75) is 24.7 Å². The molecule has 2 aromatic heterocycles. The standard InChI is InChI=1S/C20H18ClF3N4O3S/c1-30-10-5-6-11(13(8-10)31-2)26-19(29)17-16(21)18-25-12(14-4-3-7-32-14)9-15(20(22,23)24)28(18)27-17/h3-8,12,15,25H,9H2,1-2H3,(H,26,29)/t12-,15-/m0/s1. The monoisotopic (exact) mass is 486 g/mol. The van der Waals surface area contributed by atoms with E-state index in [1.807, 2.05) is 0 Å². The molecule has 2 atom stereocenters. The van der Waals surface area contributed by atoms with Crippen molar-refractivity contribution in [2.24, 2.45) is 0 Å². The Bertz CT molecular complexity index is 1130. The van der Waals surface area contributed by atoms with Gasteiger partial charge in [-0.05, 0) is 23.6 Å². The minimum Gasteiger partial charge on any atom is -0.497 e. The molecular weight excluding hydrogens is 469 g/mol. The van der Waals surface area contributed by atoms with Gasteiger partial charge in [0.1, 0.15) is 22.3 Å². The molecule has 1 aliphatic heterocycles. The van der Waals surface area contributed by atoms with Gasteiger partial charge in [-0.1, -0.05) is 17.7 Å². The van der Waals surface area contributed by atoms with E-state index in [2.05, 4.69) is 15.7 Å². The number of rotatable bonds is 5. The lowest BCUT2D eigenvalue weighted by Crippen LogP contribution is -2.35. The van der Waals surface area contributed by atoms with Crippen LogP contribution in [0.4, 0.5) is 24.7 Å². The number of carbonyl (C=O) groups is 1. The molecule has 32 heavy (non-hydrogen) atoms. The summed E-state index contributed by atoms with van der Waals surface area (Å²) in [6.07, 6.45) is -4.85. The molecule has 3 heterocycles. The summed E-state index contributed by atoms with van der Waals surface area (Å²) >= 11 is 7.68. The maximum atomic E-state index is 13.8. The Morgan fingerprint density at radius 3 is 2.72 bits per heavy atom. The van der Waals surface area contributed by atoms with Crippen LogP contribution in [0.1, 0.15) is 33.9 Å². The second kappa shape index (κ2) is 8.55. The largest absolute Gasteiger partial charge is 0.497 e. The van der Waals surface area contributed by atoms with E-state index in [1.165, 1.54) is 25.6 Å². The number of hydrogen-bond donors (Lipinski definition) is 2. The zero-order chi connectivity index (χ0) is 23.0. The highest BCUT2D eigenvalue weighted by Crippen LogP contribution is 2.47. The molecule has 1 amide bonds. The third-order valence-electron chi connectivity index (χ3n) is 5.05. The number of carbonyl (C=O) groups excluding carboxylic acids is 1. The van der Waals surface area contributed by atoms with E-state index in [0.29, 0.717) is 11.5 Å². The molecule has 3 aromatic rings. The molecule has 0 bridgehead atoms. The fraction of sp³-hybridized carbons (Fsp3) is 0.300. The Kier molecular flexibility index (Phi) is 5.95. The number of thiophene rings is 1. The highest BCUT2D eigenvalue weighted by Gasteiger charge is 2.48. The SMILES string of the molecule is COc1ccc(NC(=O)c2nn3c(c2Cl)N[C@H](c2cccs2)C[C@H]3C(F)(F)F)c(OC)c1. The first kappa shape index (κ1) is 22.3. The normalized spacial score (nSPS) is 17.9. The van der Waals surface area contributed by atoms with Crippen molar-refractivity contribution in [1.82, 2.24) is 9.78 Å². The van der Waals surface area contributed by atoms with Crippen molar-refractivity contribution in [3.05, 3.63) is 51.3 Å². The van der Waals surface area contributed by atoms with Crippen LogP contribution in [0.25, 0.3) is 0 Å². The Labute approximate surface area is 190 Å². The zero-order valence-corrected chi connectivity index (χ0v) is 18.4. The summed E-state index contributed by atoms with van der Waals surface area (Å²) in [6, 6.07) is 5.68. The van der Waals surface area contributed by atoms with E-state index < -0.39 is 24.2 Å². The Morgan fingerprint density at radius 2 is 2.09 bits per heavy atom. The molecule has 0 spiro atoms. The second-order valence-corrected chi connectivity index (χ2v) is 8.34. The maximum Gasteiger partial charge on any atom is 0.410 e. The topological polar surface area (TPSA) is 77.4 Å². The first-order chi connectivity index (χ1) is 15.2. The highest BCUT2D eigenvalue weighted by molar-refractivity contribution is 7.10. The number of amides is 1. The molecule has 0 unspecified atom stereocenters. The number of nitrogens with zero attached hydrogens (tertiary/aromatic N) is 2. The van der Waals surface area contributed by atoms with Gasteiger partial charge in [0.05, 0.1) is 25.9 Å². The van der Waals surface area contributed by atoms with E-state index in [1.54, 1.807) is 35.7 Å². The number of halogens is 4. The van der Waals surface area contributed by atoms with Gasteiger partial charge in [0, 0.05) is 17.4 Å². The first-order valence-electron chi connectivity index (χ1n) is 9.41. The van der Waals surface area contributed by atoms with Crippen LogP contribution in [0.3, 0.4) is 0 Å². The molecule has 1 aliphatic rings. The Morgan fingerprint density at radius 1 is 1.31 bits per heavy atom. The first-order valence-corrected chi connectivity index (χ1v) is 10.7. The second-order valence-electron chi connectivity index (χ2n) is 6.98. The third-order valence-corrected chi connectivity index (χ3v) is 6.40. The molecule has 1 aromatic carbocycles. The van der Waals surface area contributed by atoms with Crippen LogP contribution in [0.5, 0.6) is 11.5 Å². The molecule has 7 nitrogen and oxygen atoms in total. The summed E-state index contributed by atoms with van der Waals surface area (Å²) in [4.78, 5) is 13.6. The number of hydrogen-bond acceptors (Lipinski definition) is 6. The van der Waals surface area contributed by atoms with Crippen molar-refractivity contribution in [3.8, 4) is 11.5 Å². The van der Waals surface area contributed by atoms with Gasteiger partial charge >= 0.3 is 6.18 Å². The lowest BCUT2D eigenvalue weighted by Gasteiger charge is -2.32. The van der Waals surface area contributed by atoms with Gasteiger partial charge < -0.3 is 20.1 Å². The summed E-state index contributed by atoms with van der Waals surface area (Å²) in [6.45, 7) is 0. The zero-order valence-electron chi connectivity index (χ0n) is 16.9. The van der Waals surface area contributed by atoms with Gasteiger partial charge in [-0.25, -0.2) is 4.68 Å². The van der Waals surface area contributed by atoms with Gasteiger partial charge in [-0.15, -0.1) is 11.3 Å². The molecule has 170 valence electrons. The molecule has 0 saturated heterocycles. The van der Waals surface area contributed by atoms with Gasteiger partial charge in [0.2, 0.25) is 0 Å². The van der Waals surface area contributed by atoms with Crippen molar-refractivity contribution in [3.63, 3.8) is 0 Å². The van der Waals surface area contributed by atoms with Gasteiger partial charge in [0.15, 0.2) is 11.7 Å². The summed E-state index contributed by atoms with van der Waals surface area (Å²) in [5.41, 5.74) is -0.0368. The average molecular weight is 487 g/mol. The summed E-state index contributed by atoms with van der Waals surface area (Å²) in [7, 11) is 2.89. The number of nitrogens with one attached hydrogen (secondary N) is 2. The third kappa shape index (κ3) is 4.09. The molecule has 0 saturated carbocycles. The summed E-state index contributed by atoms with van der Waals surface area (Å²) in [5, 5.41) is 11.1. The van der Waals surface area contributed by atoms with E-state index in [4.69, 9.17) is 21.1 Å². The van der Waals surface area contributed by atoms with E-state index in [9.17, 15) is 18.0 Å². The minimum atomic E-state index is -4.57. The summed E-state index contributed by atoms with van der Waals surface area (Å²) < 4.78 is 52.6. The van der Waals surface area contributed by atoms with Crippen molar-refractivity contribution in [2.75, 3.05) is 24.9 Å². The molecule has 12 heteroatoms. The quantitative estimate of drug-likeness (QED) is 0.496. The van der Waals surface area contributed by atoms with Crippen LogP contribution < -0.4 is 20.1 Å². The highest BCUT2D eigenvalue weighted by atomic mass is 35.5. The summed E-state index contributed by atoms with van der Waals surface area (Å²) in [5.74, 6) is -0.00438. The molecule has 2 N–H and O–H groups in total. The Hall–Kier alpha value is -2.92. The predicted octanol–water partition coefficient (Wildman–Crippen LogP) is 5.53. The van der Waals surface area contributed by atoms with Crippen LogP contribution in [0, 0.1) is 0 Å². The van der Waals surface area contributed by atoms with Crippen LogP contribution in [0.2, 0.25) is 5.02 Å². The van der Waals surface area contributed by atoms with Crippen LogP contribution >= 0.6 is 22.9 Å². The maximum absolute atomic E-state index is 13.8. The number of fused-ring (bicyclic) bond motifs is 1. The average Bonchev–Trinajstić information content (AvgIpc) is 3.41. The number of methoxy groups -OCH3 is 2. The Balaban J connectivity index is 1.68. The van der Waals surface area contributed by atoms with E-state index in [0.717, 1.165) is 9.56 Å². The molecule has 0 radical (unpaired) electrons. The number of anilines is 2. The lowest BCUT2D eigenvalue weighted by atomic mass is 10.0. The van der Waals surface area contributed by atoms with E-state index in [-0.39, 0.29) is 28.6 Å². The van der Waals surface area contributed by atoms with E-state index >= 15 is 0 Å². The lowest BCUT2D eigenvalue weighted by molar-refractivity contribution is -0.173. The molecule has 0 aliphatic carbocycles.